The van der Waals surface area contributed by atoms with E-state index in [4.69, 9.17) is 28.9 Å². The van der Waals surface area contributed by atoms with Crippen molar-refractivity contribution < 1.29 is 5.11 Å². The van der Waals surface area contributed by atoms with Gasteiger partial charge in [-0.3, -0.25) is 4.98 Å². The highest BCUT2D eigenvalue weighted by molar-refractivity contribution is 6.37. The molecule has 0 bridgehead atoms. The van der Waals surface area contributed by atoms with Gasteiger partial charge in [0.15, 0.2) is 5.75 Å². The quantitative estimate of drug-likeness (QED) is 0.534. The standard InChI is InChI=1S/C21H21Cl2N3O/c22-17-10-13(11-18(23)21(17)27)12-1-6-19-16(9-12)20(7-8-25-19)26-15-4-2-14(24)3-5-15/h1,6-11,14-15,27H,2-5,24H2,(H,25,26). The highest BCUT2D eigenvalue weighted by atomic mass is 35.5. The largest absolute Gasteiger partial charge is 0.505 e. The minimum Gasteiger partial charge on any atom is -0.505 e. The number of nitrogens with zero attached hydrogens (tertiary/aromatic N) is 1. The maximum absolute atomic E-state index is 9.80. The third-order valence-corrected chi connectivity index (χ3v) is 5.80. The molecule has 4 N–H and O–H groups in total. The topological polar surface area (TPSA) is 71.2 Å². The van der Waals surface area contributed by atoms with Crippen molar-refractivity contribution in [2.45, 2.75) is 37.8 Å². The number of phenolic OH excluding ortho intramolecular Hbond substituents is 1. The summed E-state index contributed by atoms with van der Waals surface area (Å²) in [6, 6.07) is 12.3. The van der Waals surface area contributed by atoms with E-state index in [0.29, 0.717) is 12.1 Å². The fraction of sp³-hybridized carbons (Fsp3) is 0.286. The lowest BCUT2D eigenvalue weighted by atomic mass is 9.91. The van der Waals surface area contributed by atoms with Crippen LogP contribution in [0, 0.1) is 0 Å². The molecule has 0 saturated heterocycles. The summed E-state index contributed by atoms with van der Waals surface area (Å²) >= 11 is 12.2. The van der Waals surface area contributed by atoms with Gasteiger partial charge < -0.3 is 16.2 Å². The normalized spacial score (nSPS) is 20.0. The van der Waals surface area contributed by atoms with Crippen LogP contribution < -0.4 is 11.1 Å². The Labute approximate surface area is 168 Å². The zero-order valence-corrected chi connectivity index (χ0v) is 16.3. The number of phenols is 1. The molecule has 140 valence electrons. The second kappa shape index (κ2) is 7.55. The molecule has 2 aromatic carbocycles. The van der Waals surface area contributed by atoms with Gasteiger partial charge in [-0.15, -0.1) is 0 Å². The minimum absolute atomic E-state index is 0.0950. The number of halogens is 2. The molecule has 3 aromatic rings. The van der Waals surface area contributed by atoms with Crippen molar-refractivity contribution in [2.24, 2.45) is 5.73 Å². The summed E-state index contributed by atoms with van der Waals surface area (Å²) in [5.74, 6) is -0.0950. The molecule has 0 radical (unpaired) electrons. The van der Waals surface area contributed by atoms with Gasteiger partial charge in [-0.2, -0.15) is 0 Å². The Kier molecular flexibility index (Phi) is 5.13. The van der Waals surface area contributed by atoms with E-state index in [-0.39, 0.29) is 15.8 Å². The second-order valence-corrected chi connectivity index (χ2v) is 7.95. The van der Waals surface area contributed by atoms with Crippen LogP contribution in [-0.4, -0.2) is 22.2 Å². The number of anilines is 1. The van der Waals surface area contributed by atoms with Gasteiger partial charge in [0.05, 0.1) is 15.6 Å². The van der Waals surface area contributed by atoms with Gasteiger partial charge >= 0.3 is 0 Å². The van der Waals surface area contributed by atoms with Gasteiger partial charge in [-0.25, -0.2) is 0 Å². The number of nitrogens with two attached hydrogens (primary N) is 1. The summed E-state index contributed by atoms with van der Waals surface area (Å²) in [5, 5.41) is 15.0. The SMILES string of the molecule is NC1CCC(Nc2ccnc3ccc(-c4cc(Cl)c(O)c(Cl)c4)cc23)CC1. The summed E-state index contributed by atoms with van der Waals surface area (Å²) in [6.07, 6.45) is 6.09. The lowest BCUT2D eigenvalue weighted by molar-refractivity contribution is 0.411. The van der Waals surface area contributed by atoms with Crippen LogP contribution in [0.2, 0.25) is 10.0 Å². The molecule has 0 spiro atoms. The van der Waals surface area contributed by atoms with Crippen LogP contribution in [0.15, 0.2) is 42.6 Å². The third-order valence-electron chi connectivity index (χ3n) is 5.22. The van der Waals surface area contributed by atoms with E-state index in [1.807, 2.05) is 24.4 Å². The van der Waals surface area contributed by atoms with E-state index >= 15 is 0 Å². The smallest absolute Gasteiger partial charge is 0.152 e. The van der Waals surface area contributed by atoms with Gasteiger partial charge in [0.25, 0.3) is 0 Å². The maximum Gasteiger partial charge on any atom is 0.152 e. The van der Waals surface area contributed by atoms with Crippen molar-refractivity contribution >= 4 is 39.8 Å². The first-order chi connectivity index (χ1) is 13.0. The molecule has 1 saturated carbocycles. The number of aromatic hydroxyl groups is 1. The number of aromatic nitrogens is 1. The van der Waals surface area contributed by atoms with Crippen LogP contribution in [0.1, 0.15) is 25.7 Å². The summed E-state index contributed by atoms with van der Waals surface area (Å²) in [7, 11) is 0. The highest BCUT2D eigenvalue weighted by Crippen LogP contribution is 2.37. The van der Waals surface area contributed by atoms with Gasteiger partial charge in [-0.05, 0) is 67.1 Å². The molecule has 1 aliphatic carbocycles. The first-order valence-corrected chi connectivity index (χ1v) is 9.86. The molecule has 4 rings (SSSR count). The van der Waals surface area contributed by atoms with Crippen molar-refractivity contribution in [3.8, 4) is 16.9 Å². The molecule has 0 atom stereocenters. The Morgan fingerprint density at radius 2 is 1.67 bits per heavy atom. The predicted molar refractivity (Wildman–Crippen MR) is 113 cm³/mol. The van der Waals surface area contributed by atoms with Crippen molar-refractivity contribution in [1.29, 1.82) is 0 Å². The van der Waals surface area contributed by atoms with E-state index in [9.17, 15) is 5.11 Å². The number of pyridine rings is 1. The summed E-state index contributed by atoms with van der Waals surface area (Å²) < 4.78 is 0. The number of nitrogens with one attached hydrogen (secondary N) is 1. The van der Waals surface area contributed by atoms with E-state index in [0.717, 1.165) is 53.4 Å². The lowest BCUT2D eigenvalue weighted by Crippen LogP contribution is -2.32. The van der Waals surface area contributed by atoms with Crippen molar-refractivity contribution in [2.75, 3.05) is 5.32 Å². The van der Waals surface area contributed by atoms with Crippen LogP contribution >= 0.6 is 23.2 Å². The first-order valence-electron chi connectivity index (χ1n) is 9.10. The molecule has 1 aromatic heterocycles. The van der Waals surface area contributed by atoms with Gasteiger partial charge in [0, 0.05) is 29.4 Å². The molecular weight excluding hydrogens is 381 g/mol. The van der Waals surface area contributed by atoms with Gasteiger partial charge in [0.2, 0.25) is 0 Å². The molecule has 1 fully saturated rings. The number of hydrogen-bond donors (Lipinski definition) is 3. The molecule has 4 nitrogen and oxygen atoms in total. The van der Waals surface area contributed by atoms with Crippen molar-refractivity contribution in [1.82, 2.24) is 4.98 Å². The monoisotopic (exact) mass is 401 g/mol. The van der Waals surface area contributed by atoms with E-state index in [2.05, 4.69) is 16.4 Å². The average Bonchev–Trinajstić information content (AvgIpc) is 2.67. The molecule has 6 heteroatoms. The predicted octanol–water partition coefficient (Wildman–Crippen LogP) is 5.60. The summed E-state index contributed by atoms with van der Waals surface area (Å²) in [5.41, 5.74) is 9.83. The molecule has 1 aliphatic rings. The molecule has 0 amide bonds. The molecule has 0 aliphatic heterocycles. The van der Waals surface area contributed by atoms with Crippen LogP contribution in [0.3, 0.4) is 0 Å². The summed E-state index contributed by atoms with van der Waals surface area (Å²) in [4.78, 5) is 4.48. The molecule has 1 heterocycles. The Hall–Kier alpha value is -2.01. The zero-order chi connectivity index (χ0) is 19.0. The number of hydrogen-bond acceptors (Lipinski definition) is 4. The minimum atomic E-state index is -0.0950. The zero-order valence-electron chi connectivity index (χ0n) is 14.8. The van der Waals surface area contributed by atoms with Crippen LogP contribution in [0.4, 0.5) is 5.69 Å². The second-order valence-electron chi connectivity index (χ2n) is 7.13. The third kappa shape index (κ3) is 3.84. The Morgan fingerprint density at radius 3 is 2.37 bits per heavy atom. The van der Waals surface area contributed by atoms with Gasteiger partial charge in [-0.1, -0.05) is 29.3 Å². The van der Waals surface area contributed by atoms with E-state index < -0.39 is 0 Å². The van der Waals surface area contributed by atoms with E-state index in [1.165, 1.54) is 0 Å². The molecule has 27 heavy (non-hydrogen) atoms. The van der Waals surface area contributed by atoms with Crippen LogP contribution in [-0.2, 0) is 0 Å². The van der Waals surface area contributed by atoms with Crippen molar-refractivity contribution in [3.05, 3.63) is 52.6 Å². The van der Waals surface area contributed by atoms with Crippen molar-refractivity contribution in [3.63, 3.8) is 0 Å². The maximum atomic E-state index is 9.80. The fourth-order valence-electron chi connectivity index (χ4n) is 3.67. The van der Waals surface area contributed by atoms with E-state index in [1.54, 1.807) is 12.1 Å². The molecule has 0 unspecified atom stereocenters. The Bertz CT molecular complexity index is 961. The van der Waals surface area contributed by atoms with Gasteiger partial charge in [0.1, 0.15) is 0 Å². The fourth-order valence-corrected chi connectivity index (χ4v) is 4.15. The highest BCUT2D eigenvalue weighted by Gasteiger charge is 2.19. The van der Waals surface area contributed by atoms with Crippen LogP contribution in [0.25, 0.3) is 22.0 Å². The molecular formula is C21H21Cl2N3O. The Balaban J connectivity index is 1.71. The first kappa shape index (κ1) is 18.4. The number of rotatable bonds is 3. The lowest BCUT2D eigenvalue weighted by Gasteiger charge is -2.28. The van der Waals surface area contributed by atoms with Crippen LogP contribution in [0.5, 0.6) is 5.75 Å². The summed E-state index contributed by atoms with van der Waals surface area (Å²) in [6.45, 7) is 0. The number of fused-ring (bicyclic) bond motifs is 1. The Morgan fingerprint density at radius 1 is 0.963 bits per heavy atom. The average molecular weight is 402 g/mol. The number of benzene rings is 2.